The monoisotopic (exact) mass is 475 g/mol. The normalized spacial score (nSPS) is 14.6. The Labute approximate surface area is 204 Å². The van der Waals surface area contributed by atoms with Crippen LogP contribution in [0.2, 0.25) is 0 Å². The van der Waals surface area contributed by atoms with E-state index in [-0.39, 0.29) is 17.8 Å². The standard InChI is InChI=1S/C28H29NO4S/c1-2-32-28(31)23-13-15-29(16-14-23)27(30)25(26-12-7-17-34-26)19-22-10-6-11-24(18-22)33-20-21-8-4-3-5-9-21/h3-12,17-19,23H,2,13-16,20H2,1H3/b25-19+. The first-order valence-electron chi connectivity index (χ1n) is 11.6. The van der Waals surface area contributed by atoms with Crippen LogP contribution in [0.3, 0.4) is 0 Å². The summed E-state index contributed by atoms with van der Waals surface area (Å²) in [4.78, 5) is 28.3. The first-order chi connectivity index (χ1) is 16.6. The van der Waals surface area contributed by atoms with Gasteiger partial charge in [-0.05, 0) is 60.5 Å². The van der Waals surface area contributed by atoms with E-state index < -0.39 is 0 Å². The van der Waals surface area contributed by atoms with Gasteiger partial charge in [0.1, 0.15) is 12.4 Å². The first kappa shape index (κ1) is 23.8. The smallest absolute Gasteiger partial charge is 0.309 e. The molecule has 0 aliphatic carbocycles. The van der Waals surface area contributed by atoms with Crippen LogP contribution in [0.15, 0.2) is 72.1 Å². The Hall–Kier alpha value is -3.38. The third-order valence-corrected chi connectivity index (χ3v) is 6.74. The van der Waals surface area contributed by atoms with Crippen molar-refractivity contribution < 1.29 is 19.1 Å². The molecule has 6 heteroatoms. The van der Waals surface area contributed by atoms with Crippen molar-refractivity contribution in [3.8, 4) is 5.75 Å². The van der Waals surface area contributed by atoms with Crippen LogP contribution in [-0.4, -0.2) is 36.5 Å². The summed E-state index contributed by atoms with van der Waals surface area (Å²) >= 11 is 1.55. The lowest BCUT2D eigenvalue weighted by molar-refractivity contribution is -0.150. The van der Waals surface area contributed by atoms with Crippen LogP contribution >= 0.6 is 11.3 Å². The van der Waals surface area contributed by atoms with E-state index in [2.05, 4.69) is 0 Å². The molecule has 2 aromatic carbocycles. The summed E-state index contributed by atoms with van der Waals surface area (Å²) in [5, 5.41) is 1.98. The zero-order valence-corrected chi connectivity index (χ0v) is 20.1. The Morgan fingerprint density at radius 3 is 2.53 bits per heavy atom. The molecule has 4 rings (SSSR count). The van der Waals surface area contributed by atoms with Crippen LogP contribution in [0.5, 0.6) is 5.75 Å². The van der Waals surface area contributed by atoms with Crippen molar-refractivity contribution in [3.05, 3.63) is 88.1 Å². The molecule has 1 amide bonds. The summed E-state index contributed by atoms with van der Waals surface area (Å²) in [5.41, 5.74) is 2.66. The number of piperidine rings is 1. The number of carbonyl (C=O) groups is 2. The molecule has 1 aliphatic heterocycles. The number of benzene rings is 2. The number of nitrogens with zero attached hydrogens (tertiary/aromatic N) is 1. The molecule has 1 saturated heterocycles. The van der Waals surface area contributed by atoms with Gasteiger partial charge in [0, 0.05) is 18.0 Å². The SMILES string of the molecule is CCOC(=O)C1CCN(C(=O)/C(=C/c2cccc(OCc3ccccc3)c2)c2cccs2)CC1. The van der Waals surface area contributed by atoms with Crippen molar-refractivity contribution in [2.24, 2.45) is 5.92 Å². The van der Waals surface area contributed by atoms with Crippen molar-refractivity contribution in [3.63, 3.8) is 0 Å². The zero-order valence-electron chi connectivity index (χ0n) is 19.3. The molecule has 2 heterocycles. The van der Waals surface area contributed by atoms with E-state index in [4.69, 9.17) is 9.47 Å². The number of esters is 1. The Kier molecular flexibility index (Phi) is 8.15. The van der Waals surface area contributed by atoms with Gasteiger partial charge in [0.25, 0.3) is 5.91 Å². The predicted molar refractivity (Wildman–Crippen MR) is 135 cm³/mol. The molecule has 0 unspecified atom stereocenters. The third kappa shape index (κ3) is 6.14. The van der Waals surface area contributed by atoms with Gasteiger partial charge in [-0.2, -0.15) is 0 Å². The molecule has 3 aromatic rings. The second kappa shape index (κ2) is 11.7. The number of hydrogen-bond donors (Lipinski definition) is 0. The third-order valence-electron chi connectivity index (χ3n) is 5.84. The van der Waals surface area contributed by atoms with Crippen LogP contribution in [0.25, 0.3) is 11.6 Å². The second-order valence-corrected chi connectivity index (χ2v) is 9.15. The lowest BCUT2D eigenvalue weighted by Crippen LogP contribution is -2.40. The molecule has 1 aliphatic rings. The minimum Gasteiger partial charge on any atom is -0.489 e. The number of thiophene rings is 1. The van der Waals surface area contributed by atoms with E-state index in [1.54, 1.807) is 11.3 Å². The Morgan fingerprint density at radius 2 is 1.82 bits per heavy atom. The number of amides is 1. The zero-order chi connectivity index (χ0) is 23.8. The molecule has 0 N–H and O–H groups in total. The molecular formula is C28H29NO4S. The van der Waals surface area contributed by atoms with Crippen molar-refractivity contribution >= 4 is 34.9 Å². The summed E-state index contributed by atoms with van der Waals surface area (Å²) in [6.45, 7) is 3.78. The van der Waals surface area contributed by atoms with Crippen LogP contribution < -0.4 is 4.74 Å². The molecule has 1 aromatic heterocycles. The van der Waals surface area contributed by atoms with E-state index in [0.717, 1.165) is 21.8 Å². The minimum absolute atomic E-state index is 0.0136. The number of hydrogen-bond acceptors (Lipinski definition) is 5. The summed E-state index contributed by atoms with van der Waals surface area (Å²) in [5.74, 6) is 0.457. The van der Waals surface area contributed by atoms with Crippen molar-refractivity contribution in [2.75, 3.05) is 19.7 Å². The Bertz CT molecular complexity index is 1120. The summed E-state index contributed by atoms with van der Waals surface area (Å²) in [7, 11) is 0. The van der Waals surface area contributed by atoms with E-state index in [9.17, 15) is 9.59 Å². The second-order valence-electron chi connectivity index (χ2n) is 8.20. The van der Waals surface area contributed by atoms with E-state index in [1.165, 1.54) is 0 Å². The van der Waals surface area contributed by atoms with Gasteiger partial charge in [0.2, 0.25) is 0 Å². The number of carbonyl (C=O) groups excluding carboxylic acids is 2. The number of ether oxygens (including phenoxy) is 2. The van der Waals surface area contributed by atoms with Crippen molar-refractivity contribution in [1.29, 1.82) is 0 Å². The van der Waals surface area contributed by atoms with Gasteiger partial charge in [0.15, 0.2) is 0 Å². The van der Waals surface area contributed by atoms with Gasteiger partial charge >= 0.3 is 5.97 Å². The summed E-state index contributed by atoms with van der Waals surface area (Å²) < 4.78 is 11.1. The number of likely N-dealkylation sites (tertiary alicyclic amines) is 1. The lowest BCUT2D eigenvalue weighted by atomic mass is 9.96. The quantitative estimate of drug-likeness (QED) is 0.311. The topological polar surface area (TPSA) is 55.8 Å². The van der Waals surface area contributed by atoms with Gasteiger partial charge in [-0.15, -0.1) is 11.3 Å². The summed E-state index contributed by atoms with van der Waals surface area (Å²) in [6.07, 6.45) is 3.19. The van der Waals surface area contributed by atoms with Crippen LogP contribution in [0, 0.1) is 5.92 Å². The van der Waals surface area contributed by atoms with E-state index in [0.29, 0.717) is 44.7 Å². The maximum Gasteiger partial charge on any atom is 0.309 e. The van der Waals surface area contributed by atoms with Gasteiger partial charge in [-0.25, -0.2) is 0 Å². The minimum atomic E-state index is -0.157. The molecule has 5 nitrogen and oxygen atoms in total. The fraction of sp³-hybridized carbons (Fsp3) is 0.286. The molecular weight excluding hydrogens is 446 g/mol. The molecule has 176 valence electrons. The maximum atomic E-state index is 13.5. The van der Waals surface area contributed by atoms with Crippen LogP contribution in [0.1, 0.15) is 35.8 Å². The highest BCUT2D eigenvalue weighted by molar-refractivity contribution is 7.11. The van der Waals surface area contributed by atoms with Crippen LogP contribution in [0.4, 0.5) is 0 Å². The fourth-order valence-corrected chi connectivity index (χ4v) is 4.75. The van der Waals surface area contributed by atoms with E-state index in [1.807, 2.05) is 90.0 Å². The predicted octanol–water partition coefficient (Wildman–Crippen LogP) is 5.67. The molecule has 0 spiro atoms. The molecule has 0 radical (unpaired) electrons. The Morgan fingerprint density at radius 1 is 1.03 bits per heavy atom. The largest absolute Gasteiger partial charge is 0.489 e. The van der Waals surface area contributed by atoms with Crippen molar-refractivity contribution in [2.45, 2.75) is 26.4 Å². The average Bonchev–Trinajstić information content (AvgIpc) is 3.42. The molecule has 0 saturated carbocycles. The van der Waals surface area contributed by atoms with Gasteiger partial charge in [-0.3, -0.25) is 9.59 Å². The van der Waals surface area contributed by atoms with Crippen LogP contribution in [-0.2, 0) is 20.9 Å². The molecule has 34 heavy (non-hydrogen) atoms. The maximum absolute atomic E-state index is 13.5. The lowest BCUT2D eigenvalue weighted by Gasteiger charge is -2.31. The molecule has 1 fully saturated rings. The van der Waals surface area contributed by atoms with Gasteiger partial charge < -0.3 is 14.4 Å². The first-order valence-corrected chi connectivity index (χ1v) is 12.5. The highest BCUT2D eigenvalue weighted by Crippen LogP contribution is 2.29. The van der Waals surface area contributed by atoms with Gasteiger partial charge in [-0.1, -0.05) is 48.5 Å². The Balaban J connectivity index is 1.49. The number of rotatable bonds is 8. The average molecular weight is 476 g/mol. The highest BCUT2D eigenvalue weighted by atomic mass is 32.1. The highest BCUT2D eigenvalue weighted by Gasteiger charge is 2.30. The summed E-state index contributed by atoms with van der Waals surface area (Å²) in [6, 6.07) is 21.7. The van der Waals surface area contributed by atoms with Gasteiger partial charge in [0.05, 0.1) is 18.1 Å². The molecule has 0 atom stereocenters. The van der Waals surface area contributed by atoms with Crippen molar-refractivity contribution in [1.82, 2.24) is 4.90 Å². The fourth-order valence-electron chi connectivity index (χ4n) is 4.02. The molecule has 0 bridgehead atoms. The van der Waals surface area contributed by atoms with E-state index >= 15 is 0 Å².